The average molecular weight is 737 g/mol. The number of likely N-dealkylation sites (tertiary alicyclic amines) is 1. The normalized spacial score (nSPS) is 21.3. The molecular formula is C39H37F5N4O5. The van der Waals surface area contributed by atoms with E-state index in [-0.39, 0.29) is 43.0 Å². The lowest BCUT2D eigenvalue weighted by Crippen LogP contribution is -2.47. The van der Waals surface area contributed by atoms with E-state index >= 15 is 0 Å². The number of aliphatic hydroxyl groups is 1. The van der Waals surface area contributed by atoms with E-state index in [1.165, 1.54) is 0 Å². The smallest absolute Gasteiger partial charge is 0.326 e. The number of nitrogens with one attached hydrogen (secondary N) is 2. The van der Waals surface area contributed by atoms with Gasteiger partial charge in [-0.3, -0.25) is 9.36 Å². The van der Waals surface area contributed by atoms with Gasteiger partial charge in [-0.15, -0.1) is 0 Å². The van der Waals surface area contributed by atoms with E-state index in [0.29, 0.717) is 17.7 Å². The minimum absolute atomic E-state index is 0.0628. The number of carbonyl (C=O) groups excluding carboxylic acids is 1. The fraction of sp³-hybridized carbons (Fsp3) is 0.333. The highest BCUT2D eigenvalue weighted by Crippen LogP contribution is 2.42. The Labute approximate surface area is 301 Å². The first kappa shape index (κ1) is 36.5. The van der Waals surface area contributed by atoms with Gasteiger partial charge in [-0.1, -0.05) is 67.6 Å². The molecule has 0 saturated carbocycles. The number of imidazole rings is 1. The van der Waals surface area contributed by atoms with Crippen molar-refractivity contribution < 1.29 is 41.3 Å². The number of piperidine rings is 1. The summed E-state index contributed by atoms with van der Waals surface area (Å²) in [6, 6.07) is 22.0. The van der Waals surface area contributed by atoms with Crippen molar-refractivity contribution in [1.29, 1.82) is 0 Å². The number of fused-ring (bicyclic) bond motifs is 1. The Balaban J connectivity index is 1.05. The number of H-pyrrole nitrogens is 1. The number of halogens is 5. The highest BCUT2D eigenvalue weighted by Gasteiger charge is 2.40. The zero-order valence-corrected chi connectivity index (χ0v) is 28.6. The Morgan fingerprint density at radius 1 is 0.830 bits per heavy atom. The number of aromatic amines is 1. The van der Waals surface area contributed by atoms with Crippen molar-refractivity contribution in [3.05, 3.63) is 140 Å². The number of hydrogen-bond acceptors (Lipinski definition) is 6. The lowest BCUT2D eigenvalue weighted by atomic mass is 9.89. The number of aromatic nitrogens is 2. The van der Waals surface area contributed by atoms with Gasteiger partial charge in [0, 0.05) is 43.7 Å². The van der Waals surface area contributed by atoms with Gasteiger partial charge in [-0.2, -0.15) is 0 Å². The van der Waals surface area contributed by atoms with Crippen LogP contribution in [0.25, 0.3) is 11.0 Å². The molecule has 2 fully saturated rings. The fourth-order valence-corrected chi connectivity index (χ4v) is 7.25. The largest absolute Gasteiger partial charge is 0.392 e. The van der Waals surface area contributed by atoms with Gasteiger partial charge in [-0.05, 0) is 41.7 Å². The summed E-state index contributed by atoms with van der Waals surface area (Å²) in [5, 5.41) is 11.8. The molecule has 9 nitrogen and oxygen atoms in total. The van der Waals surface area contributed by atoms with Crippen LogP contribution in [0.5, 0.6) is 0 Å². The van der Waals surface area contributed by atoms with Gasteiger partial charge in [0.15, 0.2) is 29.6 Å². The van der Waals surface area contributed by atoms with Crippen molar-refractivity contribution in [2.45, 2.75) is 57.5 Å². The van der Waals surface area contributed by atoms with Crippen LogP contribution in [0.15, 0.2) is 77.6 Å². The molecule has 0 spiro atoms. The summed E-state index contributed by atoms with van der Waals surface area (Å²) >= 11 is 0. The Kier molecular flexibility index (Phi) is 10.5. The first-order valence-corrected chi connectivity index (χ1v) is 17.3. The molecule has 0 unspecified atom stereocenters. The number of hydrogen-bond donors (Lipinski definition) is 3. The number of ether oxygens (including phenoxy) is 2. The molecule has 1 amide bonds. The quantitative estimate of drug-likeness (QED) is 0.0898. The number of para-hydroxylation sites is 2. The van der Waals surface area contributed by atoms with E-state index < -0.39 is 46.8 Å². The minimum Gasteiger partial charge on any atom is -0.392 e. The molecule has 0 radical (unpaired) electrons. The summed E-state index contributed by atoms with van der Waals surface area (Å²) in [6.07, 6.45) is 0.157. The molecule has 14 heteroatoms. The van der Waals surface area contributed by atoms with Crippen LogP contribution >= 0.6 is 0 Å². The number of aliphatic hydroxyl groups excluding tert-OH is 1. The van der Waals surface area contributed by atoms with Gasteiger partial charge in [-0.25, -0.2) is 26.7 Å². The van der Waals surface area contributed by atoms with Crippen molar-refractivity contribution in [2.24, 2.45) is 5.92 Å². The number of nitrogens with zero attached hydrogens (tertiary/aromatic N) is 2. The molecule has 1 aromatic heterocycles. The van der Waals surface area contributed by atoms with Gasteiger partial charge in [0.25, 0.3) is 5.91 Å². The van der Waals surface area contributed by atoms with Crippen LogP contribution in [0.2, 0.25) is 0 Å². The third-order valence-electron chi connectivity index (χ3n) is 10.2. The second-order valence-corrected chi connectivity index (χ2v) is 13.5. The maximum atomic E-state index is 14.1. The summed E-state index contributed by atoms with van der Waals surface area (Å²) in [5.74, 6) is -12.7. The van der Waals surface area contributed by atoms with Crippen LogP contribution < -0.4 is 11.0 Å². The molecule has 2 aliphatic rings. The number of amides is 1. The second kappa shape index (κ2) is 15.2. The Hall–Kier alpha value is -4.89. The first-order valence-electron chi connectivity index (χ1n) is 17.3. The highest BCUT2D eigenvalue weighted by molar-refractivity contribution is 5.94. The zero-order valence-electron chi connectivity index (χ0n) is 28.6. The first-order chi connectivity index (χ1) is 25.5. The van der Waals surface area contributed by atoms with Crippen molar-refractivity contribution in [1.82, 2.24) is 19.8 Å². The molecule has 7 rings (SSSR count). The third kappa shape index (κ3) is 7.23. The molecule has 3 N–H and O–H groups in total. The topological polar surface area (TPSA) is 109 Å². The zero-order chi connectivity index (χ0) is 37.4. The molecule has 5 aromatic rings. The van der Waals surface area contributed by atoms with Gasteiger partial charge < -0.3 is 29.8 Å². The van der Waals surface area contributed by atoms with E-state index in [9.17, 15) is 36.6 Å². The average Bonchev–Trinajstić information content (AvgIpc) is 3.52. The minimum atomic E-state index is -2.34. The maximum absolute atomic E-state index is 14.1. The Morgan fingerprint density at radius 3 is 2.09 bits per heavy atom. The van der Waals surface area contributed by atoms with Gasteiger partial charge >= 0.3 is 5.69 Å². The molecule has 0 aliphatic carbocycles. The predicted octanol–water partition coefficient (Wildman–Crippen LogP) is 6.58. The van der Waals surface area contributed by atoms with Crippen molar-refractivity contribution in [3.63, 3.8) is 0 Å². The number of benzene rings is 4. The SMILES string of the molecule is C[C@@H]1[C@H](CN2CCC(n3c(=O)[nH]c4ccccc43)CC2)O[C@H](c2ccc(CNC(=O)c3c(F)c(F)c(F)c(F)c3F)cc2)O[C@@H]1c1ccc(CO)cc1. The fourth-order valence-electron chi connectivity index (χ4n) is 7.25. The maximum Gasteiger partial charge on any atom is 0.326 e. The van der Waals surface area contributed by atoms with Crippen LogP contribution in [0.3, 0.4) is 0 Å². The Bertz CT molecular complexity index is 2140. The molecule has 4 aromatic carbocycles. The van der Waals surface area contributed by atoms with E-state index in [2.05, 4.69) is 22.1 Å². The second-order valence-electron chi connectivity index (χ2n) is 13.5. The van der Waals surface area contributed by atoms with E-state index in [4.69, 9.17) is 9.47 Å². The summed E-state index contributed by atoms with van der Waals surface area (Å²) in [4.78, 5) is 30.6. The molecular weight excluding hydrogens is 699 g/mol. The Morgan fingerprint density at radius 2 is 1.43 bits per heavy atom. The van der Waals surface area contributed by atoms with Gasteiger partial charge in [0.2, 0.25) is 5.82 Å². The molecule has 4 atom stereocenters. The van der Waals surface area contributed by atoms with Crippen molar-refractivity contribution >= 4 is 16.9 Å². The summed E-state index contributed by atoms with van der Waals surface area (Å²) in [7, 11) is 0. The van der Waals surface area contributed by atoms with Crippen molar-refractivity contribution in [2.75, 3.05) is 19.6 Å². The molecule has 278 valence electrons. The van der Waals surface area contributed by atoms with Gasteiger partial charge in [0.05, 0.1) is 29.8 Å². The van der Waals surface area contributed by atoms with E-state index in [1.807, 2.05) is 53.1 Å². The van der Waals surface area contributed by atoms with Crippen LogP contribution in [-0.4, -0.2) is 51.2 Å². The standard InChI is InChI=1S/C39H37F5N4O5/c1-21-29(19-47-16-14-26(15-17-47)48-28-5-3-2-4-27(28)46-39(48)51)52-38(53-36(21)24-10-8-23(20-49)9-11-24)25-12-6-22(7-13-25)18-45-37(50)30-31(40)33(42)35(44)34(43)32(30)41/h2-13,21,26,29,36,38,49H,14-20H2,1H3,(H,45,50)(H,46,51)/t21-,29+,36+,38+/m1/s1. The number of rotatable bonds is 9. The molecule has 53 heavy (non-hydrogen) atoms. The van der Waals surface area contributed by atoms with E-state index in [0.717, 1.165) is 48.1 Å². The number of carbonyl (C=O) groups is 1. The summed E-state index contributed by atoms with van der Waals surface area (Å²) < 4.78 is 84.0. The highest BCUT2D eigenvalue weighted by atomic mass is 19.2. The summed E-state index contributed by atoms with van der Waals surface area (Å²) in [5.41, 5.74) is 2.86. The van der Waals surface area contributed by atoms with Crippen LogP contribution in [0.4, 0.5) is 22.0 Å². The third-order valence-corrected chi connectivity index (χ3v) is 10.2. The molecule has 3 heterocycles. The predicted molar refractivity (Wildman–Crippen MR) is 184 cm³/mol. The molecule has 2 saturated heterocycles. The monoisotopic (exact) mass is 736 g/mol. The lowest BCUT2D eigenvalue weighted by Gasteiger charge is -2.44. The van der Waals surface area contributed by atoms with E-state index in [1.54, 1.807) is 24.3 Å². The molecule has 2 aliphatic heterocycles. The molecule has 0 bridgehead atoms. The summed E-state index contributed by atoms with van der Waals surface area (Å²) in [6.45, 7) is 3.85. The van der Waals surface area contributed by atoms with Crippen molar-refractivity contribution in [3.8, 4) is 0 Å². The van der Waals surface area contributed by atoms with Gasteiger partial charge in [0.1, 0.15) is 5.56 Å². The van der Waals surface area contributed by atoms with Crippen LogP contribution in [-0.2, 0) is 22.6 Å². The lowest BCUT2D eigenvalue weighted by molar-refractivity contribution is -0.276. The van der Waals surface area contributed by atoms with Crippen LogP contribution in [0.1, 0.15) is 70.8 Å². The van der Waals surface area contributed by atoms with Crippen LogP contribution in [0, 0.1) is 35.0 Å².